The van der Waals surface area contributed by atoms with Crippen LogP contribution in [0.5, 0.6) is 0 Å². The van der Waals surface area contributed by atoms with Gasteiger partial charge in [0.2, 0.25) is 17.7 Å². The second-order valence-electron chi connectivity index (χ2n) is 15.2. The Morgan fingerprint density at radius 2 is 1.15 bits per heavy atom. The number of anilines is 1. The van der Waals surface area contributed by atoms with E-state index >= 15 is 0 Å². The zero-order chi connectivity index (χ0) is 38.5. The lowest BCUT2D eigenvalue weighted by Crippen LogP contribution is -2.59. The van der Waals surface area contributed by atoms with E-state index in [2.05, 4.69) is 26.6 Å². The number of Topliss-reactive ketones (excluding diaryl/α,β-unsaturated/α-hetero) is 1. The SMILES string of the molecule is CC(C)C[C@H](NC(=O)[C@H](CCc1ccccc1)NC(=S)Nc1ccc(Cl)cc1)C(=O)N[C@@H](Cc1ccccc1)C(=O)N[C@@H](CC(C)C)C(=O)C1(C)CC1. The summed E-state index contributed by atoms with van der Waals surface area (Å²) in [5, 5.41) is 16.0. The number of aryl methyl sites for hydroxylation is 1. The highest BCUT2D eigenvalue weighted by Crippen LogP contribution is 2.47. The minimum absolute atomic E-state index is 0.0341. The molecule has 5 N–H and O–H groups in total. The number of rotatable bonds is 19. The first-order valence-electron chi connectivity index (χ1n) is 18.6. The molecule has 0 saturated heterocycles. The molecule has 53 heavy (non-hydrogen) atoms. The van der Waals surface area contributed by atoms with Crippen LogP contribution in [0.15, 0.2) is 84.9 Å². The fourth-order valence-electron chi connectivity index (χ4n) is 6.22. The highest BCUT2D eigenvalue weighted by molar-refractivity contribution is 7.80. The monoisotopic (exact) mass is 759 g/mol. The van der Waals surface area contributed by atoms with Gasteiger partial charge < -0.3 is 26.6 Å². The van der Waals surface area contributed by atoms with Crippen molar-refractivity contribution < 1.29 is 19.2 Å². The van der Waals surface area contributed by atoms with Crippen molar-refractivity contribution in [3.63, 3.8) is 0 Å². The molecule has 11 heteroatoms. The van der Waals surface area contributed by atoms with Gasteiger partial charge in [-0.3, -0.25) is 19.2 Å². The molecule has 9 nitrogen and oxygen atoms in total. The molecular formula is C42H54ClN5O4S. The molecule has 0 spiro atoms. The summed E-state index contributed by atoms with van der Waals surface area (Å²) in [6.07, 6.45) is 3.66. The maximum absolute atomic E-state index is 14.1. The maximum atomic E-state index is 14.1. The van der Waals surface area contributed by atoms with Crippen LogP contribution in [0, 0.1) is 17.3 Å². The van der Waals surface area contributed by atoms with Gasteiger partial charge in [-0.15, -0.1) is 0 Å². The second kappa shape index (κ2) is 19.7. The lowest BCUT2D eigenvalue weighted by molar-refractivity contribution is -0.134. The summed E-state index contributed by atoms with van der Waals surface area (Å²) in [6.45, 7) is 9.92. The van der Waals surface area contributed by atoms with Crippen LogP contribution in [-0.2, 0) is 32.0 Å². The van der Waals surface area contributed by atoms with Crippen molar-refractivity contribution in [2.45, 2.75) is 104 Å². The fourth-order valence-corrected chi connectivity index (χ4v) is 6.61. The van der Waals surface area contributed by atoms with Gasteiger partial charge in [-0.25, -0.2) is 0 Å². The number of benzene rings is 3. The summed E-state index contributed by atoms with van der Waals surface area (Å²) < 4.78 is 0. The number of thiocarbonyl (C=S) groups is 1. The number of hydrogen-bond donors (Lipinski definition) is 5. The van der Waals surface area contributed by atoms with E-state index in [0.717, 1.165) is 24.0 Å². The van der Waals surface area contributed by atoms with Crippen molar-refractivity contribution in [3.8, 4) is 0 Å². The van der Waals surface area contributed by atoms with Crippen molar-refractivity contribution in [2.24, 2.45) is 17.3 Å². The van der Waals surface area contributed by atoms with Gasteiger partial charge in [-0.1, -0.05) is 107 Å². The summed E-state index contributed by atoms with van der Waals surface area (Å²) in [7, 11) is 0. The molecule has 284 valence electrons. The molecule has 4 atom stereocenters. The van der Waals surface area contributed by atoms with Gasteiger partial charge in [0.15, 0.2) is 10.9 Å². The van der Waals surface area contributed by atoms with Crippen LogP contribution >= 0.6 is 23.8 Å². The van der Waals surface area contributed by atoms with Crippen LogP contribution in [0.25, 0.3) is 0 Å². The molecule has 3 aromatic carbocycles. The Labute approximate surface area is 324 Å². The van der Waals surface area contributed by atoms with Crippen LogP contribution in [-0.4, -0.2) is 52.8 Å². The molecule has 1 aliphatic rings. The molecule has 3 amide bonds. The number of ketones is 1. The third-order valence-electron chi connectivity index (χ3n) is 9.48. The zero-order valence-electron chi connectivity index (χ0n) is 31.4. The summed E-state index contributed by atoms with van der Waals surface area (Å²) >= 11 is 11.6. The van der Waals surface area contributed by atoms with E-state index < -0.39 is 47.3 Å². The lowest BCUT2D eigenvalue weighted by Gasteiger charge is -2.28. The predicted octanol–water partition coefficient (Wildman–Crippen LogP) is 6.79. The van der Waals surface area contributed by atoms with E-state index in [1.54, 1.807) is 24.3 Å². The first-order chi connectivity index (χ1) is 25.2. The quantitative estimate of drug-likeness (QED) is 0.0853. The van der Waals surface area contributed by atoms with Gasteiger partial charge in [0.25, 0.3) is 0 Å². The lowest BCUT2D eigenvalue weighted by atomic mass is 9.91. The fraction of sp³-hybridized carbons (Fsp3) is 0.452. The van der Waals surface area contributed by atoms with E-state index in [4.69, 9.17) is 23.8 Å². The minimum atomic E-state index is -0.978. The van der Waals surface area contributed by atoms with Crippen LogP contribution < -0.4 is 26.6 Å². The Morgan fingerprint density at radius 3 is 1.72 bits per heavy atom. The standard InChI is InChI=1S/C42H54ClN5O4S/c1-27(2)24-34(37(49)42(5)22-23-42)45-40(52)36(26-30-14-10-7-11-15-30)47-39(51)35(25-28(3)4)46-38(50)33(21-16-29-12-8-6-9-13-29)48-41(53)44-32-19-17-31(43)18-20-32/h6-15,17-20,27-28,33-36H,16,21-26H2,1-5H3,(H,45,52)(H,46,50)(H,47,51)(H2,44,48,53)/t33-,34-,35-,36-/m0/s1. The average Bonchev–Trinajstić information content (AvgIpc) is 3.88. The Kier molecular flexibility index (Phi) is 15.4. The van der Waals surface area contributed by atoms with Crippen LogP contribution in [0.3, 0.4) is 0 Å². The maximum Gasteiger partial charge on any atom is 0.243 e. The molecule has 0 unspecified atom stereocenters. The second-order valence-corrected chi connectivity index (χ2v) is 16.1. The Hall–Kier alpha value is -4.28. The first-order valence-corrected chi connectivity index (χ1v) is 19.4. The number of carbonyl (C=O) groups excluding carboxylic acids is 4. The Balaban J connectivity index is 1.53. The van der Waals surface area contributed by atoms with Crippen molar-refractivity contribution in [2.75, 3.05) is 5.32 Å². The Morgan fingerprint density at radius 1 is 0.660 bits per heavy atom. The molecule has 1 saturated carbocycles. The molecule has 0 bridgehead atoms. The van der Waals surface area contributed by atoms with E-state index in [9.17, 15) is 19.2 Å². The number of nitrogens with one attached hydrogen (secondary N) is 5. The average molecular weight is 760 g/mol. The number of amides is 3. The molecular weight excluding hydrogens is 706 g/mol. The summed E-state index contributed by atoms with van der Waals surface area (Å²) in [5.41, 5.74) is 2.19. The molecule has 3 aromatic rings. The predicted molar refractivity (Wildman–Crippen MR) is 217 cm³/mol. The van der Waals surface area contributed by atoms with Gasteiger partial charge in [0, 0.05) is 22.5 Å². The number of carbonyl (C=O) groups is 4. The van der Waals surface area contributed by atoms with Gasteiger partial charge in [0.1, 0.15) is 18.1 Å². The van der Waals surface area contributed by atoms with E-state index in [1.165, 1.54) is 0 Å². The molecule has 4 rings (SSSR count). The molecule has 1 fully saturated rings. The summed E-state index contributed by atoms with van der Waals surface area (Å²) in [6, 6.07) is 23.0. The van der Waals surface area contributed by atoms with Crippen molar-refractivity contribution >= 4 is 58.1 Å². The molecule has 0 heterocycles. The van der Waals surface area contributed by atoms with Crippen LogP contribution in [0.2, 0.25) is 5.02 Å². The molecule has 0 aromatic heterocycles. The van der Waals surface area contributed by atoms with E-state index in [-0.39, 0.29) is 29.2 Å². The van der Waals surface area contributed by atoms with E-state index in [0.29, 0.717) is 36.4 Å². The van der Waals surface area contributed by atoms with E-state index in [1.807, 2.05) is 95.3 Å². The highest BCUT2D eigenvalue weighted by atomic mass is 35.5. The van der Waals surface area contributed by atoms with Gasteiger partial charge >= 0.3 is 0 Å². The number of hydrogen-bond acceptors (Lipinski definition) is 5. The van der Waals surface area contributed by atoms with Gasteiger partial charge in [-0.05, 0) is 98.0 Å². The van der Waals surface area contributed by atoms with Gasteiger partial charge in [0.05, 0.1) is 6.04 Å². The minimum Gasteiger partial charge on any atom is -0.351 e. The highest BCUT2D eigenvalue weighted by Gasteiger charge is 2.48. The zero-order valence-corrected chi connectivity index (χ0v) is 33.0. The Bertz CT molecular complexity index is 1680. The van der Waals surface area contributed by atoms with Crippen molar-refractivity contribution in [3.05, 3.63) is 101 Å². The molecule has 0 radical (unpaired) electrons. The van der Waals surface area contributed by atoms with Crippen LogP contribution in [0.4, 0.5) is 5.69 Å². The third kappa shape index (κ3) is 13.6. The first kappa shape index (κ1) is 41.5. The van der Waals surface area contributed by atoms with Crippen LogP contribution in [0.1, 0.15) is 77.8 Å². The molecule has 0 aliphatic heterocycles. The molecule has 1 aliphatic carbocycles. The van der Waals surface area contributed by atoms with Gasteiger partial charge in [-0.2, -0.15) is 0 Å². The van der Waals surface area contributed by atoms with Crippen molar-refractivity contribution in [1.29, 1.82) is 0 Å². The van der Waals surface area contributed by atoms with Crippen molar-refractivity contribution in [1.82, 2.24) is 21.3 Å². The topological polar surface area (TPSA) is 128 Å². The number of halogens is 1. The normalized spacial score (nSPS) is 15.4. The third-order valence-corrected chi connectivity index (χ3v) is 9.95. The largest absolute Gasteiger partial charge is 0.351 e. The summed E-state index contributed by atoms with van der Waals surface area (Å²) in [4.78, 5) is 55.7. The summed E-state index contributed by atoms with van der Waals surface area (Å²) in [5.74, 6) is -1.05. The smallest absolute Gasteiger partial charge is 0.243 e.